The van der Waals surface area contributed by atoms with Crippen molar-refractivity contribution in [2.45, 2.75) is 18.9 Å². The molecule has 0 bridgehead atoms. The summed E-state index contributed by atoms with van der Waals surface area (Å²) in [5.41, 5.74) is 1.99. The van der Waals surface area contributed by atoms with Gasteiger partial charge in [-0.2, -0.15) is 0 Å². The van der Waals surface area contributed by atoms with Crippen molar-refractivity contribution in [3.63, 3.8) is 0 Å². The number of rotatable bonds is 6. The average Bonchev–Trinajstić information content (AvgIpc) is 3.32. The first-order chi connectivity index (χ1) is 15.0. The van der Waals surface area contributed by atoms with Gasteiger partial charge in [0.15, 0.2) is 0 Å². The van der Waals surface area contributed by atoms with E-state index in [1.165, 1.54) is 24.3 Å². The number of halogens is 1. The van der Waals surface area contributed by atoms with Crippen molar-refractivity contribution in [1.82, 2.24) is 4.90 Å². The Labute approximate surface area is 179 Å². The molecule has 3 aromatic rings. The fraction of sp³-hybridized carbons (Fsp3) is 0.208. The second kappa shape index (κ2) is 8.95. The molecule has 0 saturated carbocycles. The number of hydrogen-bond acceptors (Lipinski definition) is 4. The van der Waals surface area contributed by atoms with Crippen LogP contribution < -0.4 is 5.32 Å². The quantitative estimate of drug-likeness (QED) is 0.442. The first kappa shape index (κ1) is 20.5. The molecule has 1 N–H and O–H groups in total. The van der Waals surface area contributed by atoms with E-state index in [9.17, 15) is 19.3 Å². The third kappa shape index (κ3) is 4.55. The number of anilines is 1. The highest BCUT2D eigenvalue weighted by Gasteiger charge is 2.27. The monoisotopic (exact) mass is 419 g/mol. The largest absolute Gasteiger partial charge is 0.374 e. The number of nitro benzene ring substituents is 1. The van der Waals surface area contributed by atoms with Crippen molar-refractivity contribution < 1.29 is 14.1 Å². The van der Waals surface area contributed by atoms with Crippen molar-refractivity contribution in [3.8, 4) is 0 Å². The zero-order valence-electron chi connectivity index (χ0n) is 16.8. The first-order valence-electron chi connectivity index (χ1n) is 10.2. The summed E-state index contributed by atoms with van der Waals surface area (Å²) in [6.45, 7) is 1.20. The number of benzene rings is 3. The molecule has 4 rings (SSSR count). The summed E-state index contributed by atoms with van der Waals surface area (Å²) >= 11 is 0. The lowest BCUT2D eigenvalue weighted by Crippen LogP contribution is -2.28. The number of likely N-dealkylation sites (tertiary alicyclic amines) is 1. The standard InChI is InChI=1S/C24H22FN3O3/c25-19-10-6-9-18(15-19)23(17-7-2-1-3-8-17)26-20-11-12-22(28(30)31)21(16-20)24(29)27-13-4-5-14-27/h1-3,6-12,15-16,23,26H,4-5,13-14H2. The van der Waals surface area contributed by atoms with Gasteiger partial charge in [-0.1, -0.05) is 42.5 Å². The average molecular weight is 419 g/mol. The predicted octanol–water partition coefficient (Wildman–Crippen LogP) is 5.17. The fourth-order valence-electron chi connectivity index (χ4n) is 3.90. The lowest BCUT2D eigenvalue weighted by molar-refractivity contribution is -0.385. The van der Waals surface area contributed by atoms with Crippen molar-refractivity contribution in [2.24, 2.45) is 0 Å². The molecular formula is C24H22FN3O3. The van der Waals surface area contributed by atoms with Gasteiger partial charge in [0, 0.05) is 24.8 Å². The van der Waals surface area contributed by atoms with Gasteiger partial charge >= 0.3 is 0 Å². The maximum absolute atomic E-state index is 13.9. The van der Waals surface area contributed by atoms with Crippen molar-refractivity contribution in [2.75, 3.05) is 18.4 Å². The van der Waals surface area contributed by atoms with Crippen molar-refractivity contribution in [3.05, 3.63) is 105 Å². The van der Waals surface area contributed by atoms with Crippen molar-refractivity contribution in [1.29, 1.82) is 0 Å². The molecule has 7 heteroatoms. The number of nitrogens with zero attached hydrogens (tertiary/aromatic N) is 2. The van der Waals surface area contributed by atoms with Gasteiger partial charge in [-0.05, 0) is 48.2 Å². The molecule has 1 saturated heterocycles. The molecule has 31 heavy (non-hydrogen) atoms. The Morgan fingerprint density at radius 3 is 2.35 bits per heavy atom. The SMILES string of the molecule is O=C(c1cc(NC(c2ccccc2)c2cccc(F)c2)ccc1[N+](=O)[O-])N1CCCC1. The number of amides is 1. The topological polar surface area (TPSA) is 75.5 Å². The molecule has 6 nitrogen and oxygen atoms in total. The van der Waals surface area contributed by atoms with Gasteiger partial charge < -0.3 is 10.2 Å². The molecule has 1 fully saturated rings. The molecule has 0 aliphatic carbocycles. The van der Waals surface area contributed by atoms with Gasteiger partial charge in [0.2, 0.25) is 0 Å². The summed E-state index contributed by atoms with van der Waals surface area (Å²) in [6, 6.07) is 19.9. The Kier molecular flexibility index (Phi) is 5.93. The summed E-state index contributed by atoms with van der Waals surface area (Å²) in [7, 11) is 0. The minimum Gasteiger partial charge on any atom is -0.374 e. The number of carbonyl (C=O) groups is 1. The second-order valence-corrected chi connectivity index (χ2v) is 7.53. The molecule has 0 aromatic heterocycles. The molecule has 1 amide bonds. The molecule has 0 spiro atoms. The van der Waals surface area contributed by atoms with E-state index in [0.717, 1.165) is 18.4 Å². The molecule has 3 aromatic carbocycles. The van der Waals surface area contributed by atoms with E-state index in [1.54, 1.807) is 17.0 Å². The maximum atomic E-state index is 13.9. The van der Waals surface area contributed by atoms with E-state index in [2.05, 4.69) is 5.32 Å². The van der Waals surface area contributed by atoms with Crippen LogP contribution in [0.1, 0.15) is 40.4 Å². The highest BCUT2D eigenvalue weighted by molar-refractivity contribution is 5.99. The zero-order chi connectivity index (χ0) is 21.8. The van der Waals surface area contributed by atoms with Gasteiger partial charge in [-0.3, -0.25) is 14.9 Å². The number of nitro groups is 1. The molecule has 0 radical (unpaired) electrons. The van der Waals surface area contributed by atoms with Gasteiger partial charge in [0.1, 0.15) is 11.4 Å². The summed E-state index contributed by atoms with van der Waals surface area (Å²) < 4.78 is 13.9. The molecule has 1 aliphatic rings. The minimum absolute atomic E-state index is 0.0583. The van der Waals surface area contributed by atoms with E-state index in [4.69, 9.17) is 0 Å². The van der Waals surface area contributed by atoms with E-state index in [-0.39, 0.29) is 23.0 Å². The summed E-state index contributed by atoms with van der Waals surface area (Å²) in [6.07, 6.45) is 1.79. The highest BCUT2D eigenvalue weighted by atomic mass is 19.1. The summed E-state index contributed by atoms with van der Waals surface area (Å²) in [5.74, 6) is -0.691. The zero-order valence-corrected chi connectivity index (χ0v) is 16.8. The minimum atomic E-state index is -0.533. The molecular weight excluding hydrogens is 397 g/mol. The van der Waals surface area contributed by atoms with Gasteiger partial charge in [0.25, 0.3) is 11.6 Å². The van der Waals surface area contributed by atoms with Crippen molar-refractivity contribution >= 4 is 17.3 Å². The molecule has 1 atom stereocenters. The van der Waals surface area contributed by atoms with Crippen LogP contribution in [0.25, 0.3) is 0 Å². The van der Waals surface area contributed by atoms with Crippen LogP contribution in [0, 0.1) is 15.9 Å². The van der Waals surface area contributed by atoms with Gasteiger partial charge in [0.05, 0.1) is 11.0 Å². The van der Waals surface area contributed by atoms with Crippen LogP contribution in [-0.2, 0) is 0 Å². The number of carbonyl (C=O) groups excluding carboxylic acids is 1. The third-order valence-electron chi connectivity index (χ3n) is 5.44. The van der Waals surface area contributed by atoms with Gasteiger partial charge in [-0.15, -0.1) is 0 Å². The van der Waals surface area contributed by atoms with E-state index in [0.29, 0.717) is 24.3 Å². The summed E-state index contributed by atoms with van der Waals surface area (Å²) in [4.78, 5) is 25.6. The number of nitrogens with one attached hydrogen (secondary N) is 1. The second-order valence-electron chi connectivity index (χ2n) is 7.53. The van der Waals surface area contributed by atoms with Crippen LogP contribution in [0.5, 0.6) is 0 Å². The maximum Gasteiger partial charge on any atom is 0.282 e. The van der Waals surface area contributed by atoms with Crippen LogP contribution >= 0.6 is 0 Å². The van der Waals surface area contributed by atoms with E-state index in [1.807, 2.05) is 36.4 Å². The van der Waals surface area contributed by atoms with Crippen LogP contribution in [0.4, 0.5) is 15.8 Å². The van der Waals surface area contributed by atoms with Crippen LogP contribution in [0.3, 0.4) is 0 Å². The van der Waals surface area contributed by atoms with E-state index >= 15 is 0 Å². The van der Waals surface area contributed by atoms with Crippen LogP contribution in [0.2, 0.25) is 0 Å². The molecule has 1 unspecified atom stereocenters. The number of hydrogen-bond donors (Lipinski definition) is 1. The summed E-state index contributed by atoms with van der Waals surface area (Å²) in [5, 5.41) is 14.9. The molecule has 1 aliphatic heterocycles. The highest BCUT2D eigenvalue weighted by Crippen LogP contribution is 2.31. The van der Waals surface area contributed by atoms with Crippen LogP contribution in [0.15, 0.2) is 72.8 Å². The normalized spacial score (nSPS) is 14.3. The van der Waals surface area contributed by atoms with Gasteiger partial charge in [-0.25, -0.2) is 4.39 Å². The Balaban J connectivity index is 1.72. The lowest BCUT2D eigenvalue weighted by atomic mass is 9.98. The van der Waals surface area contributed by atoms with E-state index < -0.39 is 11.0 Å². The Hall–Kier alpha value is -3.74. The molecule has 158 valence electrons. The third-order valence-corrected chi connectivity index (χ3v) is 5.44. The first-order valence-corrected chi connectivity index (χ1v) is 10.2. The predicted molar refractivity (Wildman–Crippen MR) is 117 cm³/mol. The van der Waals surface area contributed by atoms with Crippen LogP contribution in [-0.4, -0.2) is 28.8 Å². The lowest BCUT2D eigenvalue weighted by Gasteiger charge is -2.22. The Bertz CT molecular complexity index is 1100. The molecule has 1 heterocycles. The fourth-order valence-corrected chi connectivity index (χ4v) is 3.90. The smallest absolute Gasteiger partial charge is 0.282 e. The Morgan fingerprint density at radius 1 is 0.968 bits per heavy atom. The Morgan fingerprint density at radius 2 is 1.68 bits per heavy atom.